The molecule has 0 radical (unpaired) electrons. The van der Waals surface area contributed by atoms with Crippen LogP contribution in [-0.4, -0.2) is 0 Å². The molecule has 0 N–H and O–H groups in total. The van der Waals surface area contributed by atoms with Crippen LogP contribution in [0.15, 0.2) is 127 Å². The first-order valence-corrected chi connectivity index (χ1v) is 14.0. The van der Waals surface area contributed by atoms with Crippen molar-refractivity contribution in [3.63, 3.8) is 0 Å². The molecular formula is C39H30. The molecule has 0 saturated carbocycles. The Morgan fingerprint density at radius 2 is 1.18 bits per heavy atom. The second-order valence-electron chi connectivity index (χ2n) is 11.8. The zero-order valence-corrected chi connectivity index (χ0v) is 22.4. The third kappa shape index (κ3) is 3.45. The fourth-order valence-corrected chi connectivity index (χ4v) is 7.12. The topological polar surface area (TPSA) is 0 Å². The lowest BCUT2D eigenvalue weighted by Crippen LogP contribution is -2.25. The Morgan fingerprint density at radius 3 is 2.08 bits per heavy atom. The van der Waals surface area contributed by atoms with Crippen LogP contribution in [0, 0.1) is 5.92 Å². The first-order chi connectivity index (χ1) is 19.1. The van der Waals surface area contributed by atoms with Crippen molar-refractivity contribution in [1.29, 1.82) is 0 Å². The largest absolute Gasteiger partial charge is 0.0616 e. The fourth-order valence-electron chi connectivity index (χ4n) is 7.12. The van der Waals surface area contributed by atoms with Gasteiger partial charge in [-0.25, -0.2) is 0 Å². The average Bonchev–Trinajstić information content (AvgIpc) is 3.22. The molecule has 0 nitrogen and oxygen atoms in total. The maximum atomic E-state index is 2.46. The summed E-state index contributed by atoms with van der Waals surface area (Å²) in [5, 5.41) is 7.85. The Labute approximate surface area is 229 Å². The molecule has 6 aromatic carbocycles. The number of rotatable bonds is 2. The fraction of sp³-hybridized carbons (Fsp3) is 0.128. The number of allylic oxidation sites excluding steroid dienone is 4. The lowest BCUT2D eigenvalue weighted by molar-refractivity contribution is 0.418. The molecule has 1 unspecified atom stereocenters. The lowest BCUT2D eigenvalue weighted by Gasteiger charge is -2.31. The van der Waals surface area contributed by atoms with E-state index in [9.17, 15) is 0 Å². The maximum absolute atomic E-state index is 2.46. The molecule has 0 spiro atoms. The number of benzene rings is 6. The van der Waals surface area contributed by atoms with Crippen molar-refractivity contribution in [2.24, 2.45) is 5.92 Å². The van der Waals surface area contributed by atoms with Crippen molar-refractivity contribution < 1.29 is 0 Å². The molecule has 0 aromatic heterocycles. The van der Waals surface area contributed by atoms with Crippen LogP contribution in [0.4, 0.5) is 0 Å². The summed E-state index contributed by atoms with van der Waals surface area (Å²) in [4.78, 5) is 0. The van der Waals surface area contributed by atoms with E-state index in [-0.39, 0.29) is 5.41 Å². The zero-order valence-electron chi connectivity index (χ0n) is 22.4. The van der Waals surface area contributed by atoms with Crippen LogP contribution in [0.25, 0.3) is 54.6 Å². The van der Waals surface area contributed by atoms with Gasteiger partial charge in [0.05, 0.1) is 0 Å². The number of hydrogen-bond donors (Lipinski definition) is 0. The summed E-state index contributed by atoms with van der Waals surface area (Å²) in [6, 6.07) is 42.9. The van der Waals surface area contributed by atoms with Gasteiger partial charge < -0.3 is 0 Å². The molecule has 0 aliphatic heterocycles. The molecule has 39 heavy (non-hydrogen) atoms. The van der Waals surface area contributed by atoms with E-state index in [2.05, 4.69) is 141 Å². The summed E-state index contributed by atoms with van der Waals surface area (Å²) in [7, 11) is 0. The molecule has 0 amide bonds. The van der Waals surface area contributed by atoms with Crippen molar-refractivity contribution >= 4 is 43.5 Å². The number of fused-ring (bicyclic) bond motifs is 7. The Hall–Kier alpha value is -4.42. The maximum Gasteiger partial charge on any atom is -0.00232 e. The molecular weight excluding hydrogens is 468 g/mol. The molecule has 0 heteroatoms. The van der Waals surface area contributed by atoms with E-state index in [1.54, 1.807) is 0 Å². The zero-order chi connectivity index (χ0) is 26.1. The molecule has 2 aliphatic rings. The van der Waals surface area contributed by atoms with E-state index in [1.807, 2.05) is 0 Å². The predicted octanol–water partition coefficient (Wildman–Crippen LogP) is 10.6. The van der Waals surface area contributed by atoms with Crippen molar-refractivity contribution in [1.82, 2.24) is 0 Å². The van der Waals surface area contributed by atoms with Crippen molar-refractivity contribution in [3.05, 3.63) is 144 Å². The van der Waals surface area contributed by atoms with Gasteiger partial charge in [0.2, 0.25) is 0 Å². The SMILES string of the molecule is CC1(C)c2cc(-c3ccc4c(ccc5ccccc54)c3)ccc2C2=CC=C(c3ccc4ccccc4c3)CC21. The van der Waals surface area contributed by atoms with E-state index in [0.717, 1.165) is 6.42 Å². The molecule has 0 fully saturated rings. The van der Waals surface area contributed by atoms with Crippen molar-refractivity contribution in [3.8, 4) is 11.1 Å². The highest BCUT2D eigenvalue weighted by molar-refractivity contribution is 6.08. The van der Waals surface area contributed by atoms with Crippen LogP contribution in [0.1, 0.15) is 37.0 Å². The van der Waals surface area contributed by atoms with E-state index in [1.165, 1.54) is 71.3 Å². The quantitative estimate of drug-likeness (QED) is 0.208. The minimum atomic E-state index is 0.0700. The van der Waals surface area contributed by atoms with Crippen LogP contribution < -0.4 is 0 Å². The van der Waals surface area contributed by atoms with Gasteiger partial charge in [-0.15, -0.1) is 0 Å². The van der Waals surface area contributed by atoms with Gasteiger partial charge in [-0.1, -0.05) is 123 Å². The minimum Gasteiger partial charge on any atom is -0.0616 e. The molecule has 0 heterocycles. The Morgan fingerprint density at radius 1 is 0.538 bits per heavy atom. The van der Waals surface area contributed by atoms with Crippen LogP contribution >= 0.6 is 0 Å². The Balaban J connectivity index is 1.18. The Bertz CT molecular complexity index is 2010. The van der Waals surface area contributed by atoms with Crippen molar-refractivity contribution in [2.75, 3.05) is 0 Å². The van der Waals surface area contributed by atoms with E-state index in [0.29, 0.717) is 5.92 Å². The molecule has 2 aliphatic carbocycles. The molecule has 6 aromatic rings. The highest BCUT2D eigenvalue weighted by Gasteiger charge is 2.44. The standard InChI is InChI=1S/C39H30/c1-39(2)37-23-30(28-13-11-25-7-3-4-9-27(25)21-28)16-19-35(37)36-20-17-31(24-38(36)39)29-15-18-34-32(22-29)14-12-26-8-5-6-10-33(26)34/h3-22,24,37H,23H2,1-2H3. The number of hydrogen-bond acceptors (Lipinski definition) is 0. The van der Waals surface area contributed by atoms with Gasteiger partial charge in [-0.05, 0) is 107 Å². The van der Waals surface area contributed by atoms with Gasteiger partial charge in [-0.3, -0.25) is 0 Å². The molecule has 186 valence electrons. The van der Waals surface area contributed by atoms with Crippen LogP contribution in [0.3, 0.4) is 0 Å². The van der Waals surface area contributed by atoms with E-state index in [4.69, 9.17) is 0 Å². The summed E-state index contributed by atoms with van der Waals surface area (Å²) in [5.41, 5.74) is 9.85. The first kappa shape index (κ1) is 22.6. The molecule has 8 rings (SSSR count). The van der Waals surface area contributed by atoms with Gasteiger partial charge in [0.25, 0.3) is 0 Å². The first-order valence-electron chi connectivity index (χ1n) is 14.0. The summed E-state index contributed by atoms with van der Waals surface area (Å²) in [6.45, 7) is 4.88. The van der Waals surface area contributed by atoms with E-state index < -0.39 is 0 Å². The lowest BCUT2D eigenvalue weighted by atomic mass is 9.72. The smallest absolute Gasteiger partial charge is 0.00232 e. The highest BCUT2D eigenvalue weighted by Crippen LogP contribution is 2.55. The summed E-state index contributed by atoms with van der Waals surface area (Å²) in [5.74, 6) is 0.484. The van der Waals surface area contributed by atoms with Crippen molar-refractivity contribution in [2.45, 2.75) is 25.7 Å². The van der Waals surface area contributed by atoms with Crippen LogP contribution in [-0.2, 0) is 5.41 Å². The highest BCUT2D eigenvalue weighted by atomic mass is 14.5. The molecule has 1 atom stereocenters. The molecule has 0 saturated heterocycles. The van der Waals surface area contributed by atoms with Gasteiger partial charge >= 0.3 is 0 Å². The summed E-state index contributed by atoms with van der Waals surface area (Å²) >= 11 is 0. The second kappa shape index (κ2) is 8.29. The normalized spacial score (nSPS) is 17.6. The minimum absolute atomic E-state index is 0.0700. The predicted molar refractivity (Wildman–Crippen MR) is 168 cm³/mol. The summed E-state index contributed by atoms with van der Waals surface area (Å²) < 4.78 is 0. The monoisotopic (exact) mass is 498 g/mol. The third-order valence-corrected chi connectivity index (χ3v) is 9.36. The van der Waals surface area contributed by atoms with Gasteiger partial charge in [0.15, 0.2) is 0 Å². The van der Waals surface area contributed by atoms with Crippen LogP contribution in [0.2, 0.25) is 0 Å². The van der Waals surface area contributed by atoms with Gasteiger partial charge in [0.1, 0.15) is 0 Å². The third-order valence-electron chi connectivity index (χ3n) is 9.36. The van der Waals surface area contributed by atoms with Crippen LogP contribution in [0.5, 0.6) is 0 Å². The van der Waals surface area contributed by atoms with Gasteiger partial charge in [0, 0.05) is 0 Å². The van der Waals surface area contributed by atoms with E-state index >= 15 is 0 Å². The summed E-state index contributed by atoms with van der Waals surface area (Å²) in [6.07, 6.45) is 5.83. The second-order valence-corrected chi connectivity index (χ2v) is 11.8. The molecule has 0 bridgehead atoms. The Kier molecular flexibility index (Phi) is 4.79. The average molecular weight is 499 g/mol. The van der Waals surface area contributed by atoms with Gasteiger partial charge in [-0.2, -0.15) is 0 Å².